The first-order valence-electron chi connectivity index (χ1n) is 7.34. The first-order valence-corrected chi connectivity index (χ1v) is 7.34. The molecule has 1 amide bonds. The van der Waals surface area contributed by atoms with Crippen LogP contribution in [0.3, 0.4) is 0 Å². The number of amides is 1. The first kappa shape index (κ1) is 15.1. The van der Waals surface area contributed by atoms with Gasteiger partial charge in [-0.15, -0.1) is 0 Å². The Balaban J connectivity index is 1.74. The highest BCUT2D eigenvalue weighted by molar-refractivity contribution is 5.95. The average Bonchev–Trinajstić information content (AvgIpc) is 3.23. The third kappa shape index (κ3) is 2.92. The Hall–Kier alpha value is -2.76. The van der Waals surface area contributed by atoms with Gasteiger partial charge in [0.1, 0.15) is 12.0 Å². The Morgan fingerprint density at radius 1 is 1.35 bits per heavy atom. The fraction of sp³-hybridized carbons (Fsp3) is 0.294. The lowest BCUT2D eigenvalue weighted by Crippen LogP contribution is -2.28. The minimum atomic E-state index is -1.11. The summed E-state index contributed by atoms with van der Waals surface area (Å²) in [5, 5.41) is 8.89. The summed E-state index contributed by atoms with van der Waals surface area (Å²) in [5.74, 6) is -0.318. The molecule has 6 nitrogen and oxygen atoms in total. The molecule has 0 saturated carbocycles. The average molecular weight is 315 g/mol. The third-order valence-electron chi connectivity index (χ3n) is 4.11. The molecule has 23 heavy (non-hydrogen) atoms. The summed E-state index contributed by atoms with van der Waals surface area (Å²) < 4.78 is 10.5. The second kappa shape index (κ2) is 6.16. The zero-order valence-electron chi connectivity index (χ0n) is 12.7. The van der Waals surface area contributed by atoms with E-state index in [1.165, 1.54) is 6.07 Å². The fourth-order valence-corrected chi connectivity index (χ4v) is 2.92. The molecule has 1 unspecified atom stereocenters. The van der Waals surface area contributed by atoms with Gasteiger partial charge in [0, 0.05) is 25.1 Å². The van der Waals surface area contributed by atoms with Crippen molar-refractivity contribution in [1.82, 2.24) is 4.90 Å². The molecule has 0 spiro atoms. The van der Waals surface area contributed by atoms with Crippen LogP contribution in [0.2, 0.25) is 0 Å². The monoisotopic (exact) mass is 315 g/mol. The molecule has 1 fully saturated rings. The van der Waals surface area contributed by atoms with Crippen LogP contribution in [0.15, 0.2) is 41.0 Å². The van der Waals surface area contributed by atoms with E-state index in [-0.39, 0.29) is 23.1 Å². The van der Waals surface area contributed by atoms with Crippen LogP contribution in [0.1, 0.15) is 38.8 Å². The van der Waals surface area contributed by atoms with Crippen molar-refractivity contribution in [3.05, 3.63) is 53.5 Å². The molecule has 2 heterocycles. The smallest absolute Gasteiger partial charge is 0.338 e. The molecule has 0 radical (unpaired) electrons. The second-order valence-electron chi connectivity index (χ2n) is 5.48. The van der Waals surface area contributed by atoms with Crippen molar-refractivity contribution in [2.75, 3.05) is 20.2 Å². The quantitative estimate of drug-likeness (QED) is 0.938. The number of carbonyl (C=O) groups excluding carboxylic acids is 1. The Morgan fingerprint density at radius 2 is 2.13 bits per heavy atom. The number of aromatic carboxylic acids is 1. The van der Waals surface area contributed by atoms with E-state index in [1.807, 2.05) is 24.3 Å². The van der Waals surface area contributed by atoms with Gasteiger partial charge in [-0.1, -0.05) is 18.2 Å². The van der Waals surface area contributed by atoms with Crippen LogP contribution >= 0.6 is 0 Å². The summed E-state index contributed by atoms with van der Waals surface area (Å²) in [5.41, 5.74) is 1.06. The standard InChI is InChI=1S/C17H17NO5/c1-22-14-5-3-2-4-13(14)11-6-7-18(9-11)16(19)15-8-12(10-23-15)17(20)21/h2-5,8,10-11H,6-7,9H2,1H3,(H,20,21). The van der Waals surface area contributed by atoms with Gasteiger partial charge in [0.2, 0.25) is 0 Å². The van der Waals surface area contributed by atoms with Gasteiger partial charge in [-0.3, -0.25) is 4.79 Å². The topological polar surface area (TPSA) is 80.0 Å². The van der Waals surface area contributed by atoms with Crippen LogP contribution in [0, 0.1) is 0 Å². The van der Waals surface area contributed by atoms with Gasteiger partial charge in [-0.25, -0.2) is 4.79 Å². The van der Waals surface area contributed by atoms with Gasteiger partial charge < -0.3 is 19.2 Å². The zero-order chi connectivity index (χ0) is 16.4. The largest absolute Gasteiger partial charge is 0.496 e. The fourth-order valence-electron chi connectivity index (χ4n) is 2.92. The lowest BCUT2D eigenvalue weighted by Gasteiger charge is -2.16. The molecule has 3 rings (SSSR count). The maximum atomic E-state index is 12.4. The zero-order valence-corrected chi connectivity index (χ0v) is 12.7. The van der Waals surface area contributed by atoms with E-state index >= 15 is 0 Å². The maximum absolute atomic E-state index is 12.4. The minimum absolute atomic E-state index is 0.0196. The van der Waals surface area contributed by atoms with Gasteiger partial charge in [-0.05, 0) is 18.1 Å². The molecule has 2 aromatic rings. The number of likely N-dealkylation sites (tertiary alicyclic amines) is 1. The summed E-state index contributed by atoms with van der Waals surface area (Å²) in [6, 6.07) is 9.05. The molecule has 0 aliphatic carbocycles. The molecule has 0 bridgehead atoms. The number of carbonyl (C=O) groups is 2. The molecule has 120 valence electrons. The minimum Gasteiger partial charge on any atom is -0.496 e. The highest BCUT2D eigenvalue weighted by Crippen LogP contribution is 2.33. The Kier molecular flexibility index (Phi) is 4.06. The van der Waals surface area contributed by atoms with Crippen LogP contribution in [-0.4, -0.2) is 42.1 Å². The number of ether oxygens (including phenoxy) is 1. The predicted octanol–water partition coefficient (Wildman–Crippen LogP) is 2.62. The van der Waals surface area contributed by atoms with Crippen molar-refractivity contribution < 1.29 is 23.8 Å². The molecule has 1 aliphatic rings. The lowest BCUT2D eigenvalue weighted by molar-refractivity contribution is 0.0695. The van der Waals surface area contributed by atoms with E-state index in [0.29, 0.717) is 13.1 Å². The Labute approximate surface area is 133 Å². The Morgan fingerprint density at radius 3 is 2.83 bits per heavy atom. The van der Waals surface area contributed by atoms with E-state index in [2.05, 4.69) is 0 Å². The van der Waals surface area contributed by atoms with Crippen LogP contribution in [0.4, 0.5) is 0 Å². The summed E-state index contributed by atoms with van der Waals surface area (Å²) in [6.45, 7) is 1.16. The normalized spacial score (nSPS) is 17.3. The number of hydrogen-bond donors (Lipinski definition) is 1. The summed E-state index contributed by atoms with van der Waals surface area (Å²) in [6.07, 6.45) is 1.92. The summed E-state index contributed by atoms with van der Waals surface area (Å²) in [7, 11) is 1.63. The third-order valence-corrected chi connectivity index (χ3v) is 4.11. The van der Waals surface area contributed by atoms with Gasteiger partial charge in [0.15, 0.2) is 5.76 Å². The highest BCUT2D eigenvalue weighted by atomic mass is 16.5. The molecular weight excluding hydrogens is 298 g/mol. The highest BCUT2D eigenvalue weighted by Gasteiger charge is 2.31. The molecular formula is C17H17NO5. The molecule has 1 aromatic carbocycles. The number of carboxylic acids is 1. The van der Waals surface area contributed by atoms with Crippen molar-refractivity contribution in [2.45, 2.75) is 12.3 Å². The Bertz CT molecular complexity index is 736. The van der Waals surface area contributed by atoms with Crippen molar-refractivity contribution >= 4 is 11.9 Å². The van der Waals surface area contributed by atoms with Crippen molar-refractivity contribution in [3.8, 4) is 5.75 Å². The number of benzene rings is 1. The van der Waals surface area contributed by atoms with Crippen molar-refractivity contribution in [1.29, 1.82) is 0 Å². The number of rotatable bonds is 4. The number of carboxylic acid groups (broad SMARTS) is 1. The van der Waals surface area contributed by atoms with Crippen molar-refractivity contribution in [2.24, 2.45) is 0 Å². The van der Waals surface area contributed by atoms with E-state index in [4.69, 9.17) is 14.3 Å². The number of nitrogens with zero attached hydrogens (tertiary/aromatic N) is 1. The van der Waals surface area contributed by atoms with Crippen molar-refractivity contribution in [3.63, 3.8) is 0 Å². The molecule has 6 heteroatoms. The van der Waals surface area contributed by atoms with Crippen LogP contribution in [0.25, 0.3) is 0 Å². The SMILES string of the molecule is COc1ccccc1C1CCN(C(=O)c2cc(C(=O)O)co2)C1. The van der Waals surface area contributed by atoms with Crippen LogP contribution < -0.4 is 4.74 Å². The van der Waals surface area contributed by atoms with Gasteiger partial charge >= 0.3 is 5.97 Å². The molecule has 1 aromatic heterocycles. The van der Waals surface area contributed by atoms with E-state index in [0.717, 1.165) is 24.0 Å². The first-order chi connectivity index (χ1) is 11.1. The molecule has 1 N–H and O–H groups in total. The summed E-state index contributed by atoms with van der Waals surface area (Å²) >= 11 is 0. The maximum Gasteiger partial charge on any atom is 0.338 e. The number of hydrogen-bond acceptors (Lipinski definition) is 4. The van der Waals surface area contributed by atoms with E-state index < -0.39 is 5.97 Å². The van der Waals surface area contributed by atoms with Crippen LogP contribution in [0.5, 0.6) is 5.75 Å². The second-order valence-corrected chi connectivity index (χ2v) is 5.48. The lowest BCUT2D eigenvalue weighted by atomic mass is 9.97. The van der Waals surface area contributed by atoms with E-state index in [9.17, 15) is 9.59 Å². The molecule has 1 atom stereocenters. The number of methoxy groups -OCH3 is 1. The predicted molar refractivity (Wildman–Crippen MR) is 81.9 cm³/mol. The van der Waals surface area contributed by atoms with Crippen LogP contribution in [-0.2, 0) is 0 Å². The van der Waals surface area contributed by atoms with Gasteiger partial charge in [0.05, 0.1) is 12.7 Å². The molecule has 1 saturated heterocycles. The number of furan rings is 1. The number of para-hydroxylation sites is 1. The summed E-state index contributed by atoms with van der Waals surface area (Å²) in [4.78, 5) is 25.0. The van der Waals surface area contributed by atoms with Gasteiger partial charge in [-0.2, -0.15) is 0 Å². The van der Waals surface area contributed by atoms with E-state index in [1.54, 1.807) is 12.0 Å². The molecule has 1 aliphatic heterocycles. The van der Waals surface area contributed by atoms with Gasteiger partial charge in [0.25, 0.3) is 5.91 Å².